The molecule has 0 aromatic heterocycles. The van der Waals surface area contributed by atoms with E-state index in [0.717, 1.165) is 57.9 Å². The molecule has 0 N–H and O–H groups in total. The lowest BCUT2D eigenvalue weighted by molar-refractivity contribution is -0.155. The summed E-state index contributed by atoms with van der Waals surface area (Å²) in [5.41, 5.74) is 1.08. The number of halogens is 1. The number of ether oxygens (including phenoxy) is 4. The van der Waals surface area contributed by atoms with Gasteiger partial charge in [0.15, 0.2) is 11.5 Å². The molecule has 6 heteroatoms. The van der Waals surface area contributed by atoms with E-state index in [2.05, 4.69) is 4.90 Å². The van der Waals surface area contributed by atoms with E-state index in [1.807, 2.05) is 12.1 Å². The van der Waals surface area contributed by atoms with E-state index in [-0.39, 0.29) is 5.60 Å². The summed E-state index contributed by atoms with van der Waals surface area (Å²) < 4.78 is 22.2. The first-order valence-electron chi connectivity index (χ1n) is 8.00. The zero-order chi connectivity index (χ0) is 16.3. The van der Waals surface area contributed by atoms with Crippen molar-refractivity contribution < 1.29 is 18.9 Å². The second-order valence-corrected chi connectivity index (χ2v) is 6.57. The molecule has 2 saturated heterocycles. The van der Waals surface area contributed by atoms with Gasteiger partial charge in [0.05, 0.1) is 31.5 Å². The van der Waals surface area contributed by atoms with Crippen molar-refractivity contribution in [2.75, 3.05) is 47.1 Å². The molecule has 2 aliphatic rings. The molecular formula is C17H24ClNO4. The van der Waals surface area contributed by atoms with Crippen molar-refractivity contribution >= 4 is 11.6 Å². The minimum Gasteiger partial charge on any atom is -0.493 e. The average molecular weight is 342 g/mol. The van der Waals surface area contributed by atoms with Crippen LogP contribution >= 0.6 is 11.6 Å². The predicted octanol–water partition coefficient (Wildman–Crippen LogP) is 2.74. The molecule has 2 aliphatic heterocycles. The van der Waals surface area contributed by atoms with Crippen molar-refractivity contribution in [3.05, 3.63) is 22.7 Å². The fourth-order valence-electron chi connectivity index (χ4n) is 3.43. The molecule has 0 aliphatic carbocycles. The molecule has 0 amide bonds. The topological polar surface area (TPSA) is 40.2 Å². The van der Waals surface area contributed by atoms with E-state index < -0.39 is 0 Å². The summed E-state index contributed by atoms with van der Waals surface area (Å²) >= 11 is 6.31. The van der Waals surface area contributed by atoms with Gasteiger partial charge in [-0.2, -0.15) is 0 Å². The van der Waals surface area contributed by atoms with E-state index in [9.17, 15) is 0 Å². The number of nitrogens with zero attached hydrogens (tertiary/aromatic N) is 1. The van der Waals surface area contributed by atoms with Gasteiger partial charge in [0.25, 0.3) is 0 Å². The van der Waals surface area contributed by atoms with Crippen LogP contribution in [0.1, 0.15) is 18.4 Å². The molecule has 3 rings (SSSR count). The minimum atomic E-state index is -0.0448. The third kappa shape index (κ3) is 3.74. The Bertz CT molecular complexity index is 540. The lowest BCUT2D eigenvalue weighted by Gasteiger charge is -2.44. The largest absolute Gasteiger partial charge is 0.493 e. The number of hydrogen-bond donors (Lipinski definition) is 0. The smallest absolute Gasteiger partial charge is 0.179 e. The summed E-state index contributed by atoms with van der Waals surface area (Å²) in [5, 5.41) is 0.580. The lowest BCUT2D eigenvalue weighted by atomic mass is 9.92. The van der Waals surface area contributed by atoms with Gasteiger partial charge in [-0.1, -0.05) is 11.6 Å². The lowest BCUT2D eigenvalue weighted by Crippen LogP contribution is -2.54. The fraction of sp³-hybridized carbons (Fsp3) is 0.647. The van der Waals surface area contributed by atoms with Gasteiger partial charge in [0, 0.05) is 45.7 Å². The number of rotatable bonds is 4. The number of benzene rings is 1. The zero-order valence-corrected chi connectivity index (χ0v) is 14.5. The van der Waals surface area contributed by atoms with Gasteiger partial charge < -0.3 is 18.9 Å². The molecule has 5 nitrogen and oxygen atoms in total. The number of morpholine rings is 1. The second kappa shape index (κ2) is 7.26. The molecule has 23 heavy (non-hydrogen) atoms. The van der Waals surface area contributed by atoms with Crippen molar-refractivity contribution in [2.45, 2.75) is 25.0 Å². The van der Waals surface area contributed by atoms with E-state index in [0.29, 0.717) is 16.5 Å². The van der Waals surface area contributed by atoms with Crippen molar-refractivity contribution in [2.24, 2.45) is 0 Å². The maximum absolute atomic E-state index is 6.31. The zero-order valence-electron chi connectivity index (χ0n) is 13.8. The summed E-state index contributed by atoms with van der Waals surface area (Å²) in [4.78, 5) is 2.42. The molecule has 0 saturated carbocycles. The Balaban J connectivity index is 1.72. The summed E-state index contributed by atoms with van der Waals surface area (Å²) in [6.07, 6.45) is 1.94. The molecule has 0 atom stereocenters. The first-order chi connectivity index (χ1) is 11.2. The minimum absolute atomic E-state index is 0.0448. The molecule has 0 bridgehead atoms. The maximum atomic E-state index is 6.31. The van der Waals surface area contributed by atoms with Gasteiger partial charge in [-0.25, -0.2) is 0 Å². The van der Waals surface area contributed by atoms with E-state index in [1.54, 1.807) is 14.2 Å². The van der Waals surface area contributed by atoms with Crippen LogP contribution in [0.5, 0.6) is 11.5 Å². The molecule has 2 fully saturated rings. The Labute approximate surface area is 142 Å². The first kappa shape index (κ1) is 16.8. The summed E-state index contributed by atoms with van der Waals surface area (Å²) in [6.45, 7) is 5.02. The molecule has 0 unspecified atom stereocenters. The Kier molecular flexibility index (Phi) is 5.31. The maximum Gasteiger partial charge on any atom is 0.179 e. The highest BCUT2D eigenvalue weighted by molar-refractivity contribution is 6.32. The molecule has 128 valence electrons. The number of methoxy groups -OCH3 is 2. The van der Waals surface area contributed by atoms with Gasteiger partial charge in [0.1, 0.15) is 0 Å². The van der Waals surface area contributed by atoms with Crippen molar-refractivity contribution in [1.82, 2.24) is 4.90 Å². The Morgan fingerprint density at radius 2 is 1.96 bits per heavy atom. The van der Waals surface area contributed by atoms with Crippen LogP contribution in [0.4, 0.5) is 0 Å². The molecule has 0 radical (unpaired) electrons. The van der Waals surface area contributed by atoms with Crippen LogP contribution in [0.25, 0.3) is 0 Å². The Morgan fingerprint density at radius 1 is 1.17 bits per heavy atom. The SMILES string of the molecule is COc1cc(CN2CCOC3(CCOCC3)C2)cc(Cl)c1OC. The Hall–Kier alpha value is -1.01. The fourth-order valence-corrected chi connectivity index (χ4v) is 3.74. The third-order valence-electron chi connectivity index (χ3n) is 4.63. The summed E-state index contributed by atoms with van der Waals surface area (Å²) in [7, 11) is 3.23. The van der Waals surface area contributed by atoms with Crippen molar-refractivity contribution in [3.63, 3.8) is 0 Å². The predicted molar refractivity (Wildman–Crippen MR) is 88.6 cm³/mol. The normalized spacial score (nSPS) is 21.3. The quantitative estimate of drug-likeness (QED) is 0.842. The van der Waals surface area contributed by atoms with E-state index in [4.69, 9.17) is 30.5 Å². The van der Waals surface area contributed by atoms with Crippen LogP contribution in [0, 0.1) is 0 Å². The van der Waals surface area contributed by atoms with Crippen LogP contribution in [0.2, 0.25) is 5.02 Å². The monoisotopic (exact) mass is 341 g/mol. The highest BCUT2D eigenvalue weighted by atomic mass is 35.5. The van der Waals surface area contributed by atoms with Gasteiger partial charge in [0.2, 0.25) is 0 Å². The Morgan fingerprint density at radius 3 is 2.65 bits per heavy atom. The number of hydrogen-bond acceptors (Lipinski definition) is 5. The molecule has 1 aromatic rings. The van der Waals surface area contributed by atoms with E-state index >= 15 is 0 Å². The summed E-state index contributed by atoms with van der Waals surface area (Å²) in [6, 6.07) is 3.95. The highest BCUT2D eigenvalue weighted by Gasteiger charge is 2.38. The highest BCUT2D eigenvalue weighted by Crippen LogP contribution is 2.37. The van der Waals surface area contributed by atoms with Gasteiger partial charge in [-0.05, 0) is 17.7 Å². The van der Waals surface area contributed by atoms with Gasteiger partial charge in [-0.15, -0.1) is 0 Å². The van der Waals surface area contributed by atoms with Crippen molar-refractivity contribution in [1.29, 1.82) is 0 Å². The van der Waals surface area contributed by atoms with Crippen LogP contribution < -0.4 is 9.47 Å². The molecule has 1 spiro atoms. The van der Waals surface area contributed by atoms with Gasteiger partial charge >= 0.3 is 0 Å². The van der Waals surface area contributed by atoms with Gasteiger partial charge in [-0.3, -0.25) is 4.90 Å². The van der Waals surface area contributed by atoms with E-state index in [1.165, 1.54) is 0 Å². The van der Waals surface area contributed by atoms with Crippen LogP contribution in [-0.4, -0.2) is 57.6 Å². The molecule has 1 aromatic carbocycles. The summed E-state index contributed by atoms with van der Waals surface area (Å²) in [5.74, 6) is 1.25. The first-order valence-corrected chi connectivity index (χ1v) is 8.38. The van der Waals surface area contributed by atoms with Crippen LogP contribution in [0.3, 0.4) is 0 Å². The molecular weight excluding hydrogens is 318 g/mol. The average Bonchev–Trinajstić information content (AvgIpc) is 2.55. The van der Waals surface area contributed by atoms with Crippen LogP contribution in [-0.2, 0) is 16.0 Å². The van der Waals surface area contributed by atoms with Crippen LogP contribution in [0.15, 0.2) is 12.1 Å². The molecule has 2 heterocycles. The standard InChI is InChI=1S/C17H24ClNO4/c1-20-15-10-13(9-14(18)16(15)21-2)11-19-5-8-23-17(12-19)3-6-22-7-4-17/h9-10H,3-8,11-12H2,1-2H3. The third-order valence-corrected chi connectivity index (χ3v) is 4.91. The second-order valence-electron chi connectivity index (χ2n) is 6.17. The van der Waals surface area contributed by atoms with Crippen molar-refractivity contribution in [3.8, 4) is 11.5 Å².